The summed E-state index contributed by atoms with van der Waals surface area (Å²) in [5, 5.41) is 4.58. The van der Waals surface area contributed by atoms with Crippen LogP contribution in [0, 0.1) is 0 Å². The molecule has 5 nitrogen and oxygen atoms in total. The van der Waals surface area contributed by atoms with Crippen LogP contribution in [0.2, 0.25) is 0 Å². The molecule has 0 atom stereocenters. The van der Waals surface area contributed by atoms with E-state index in [9.17, 15) is 0 Å². The van der Waals surface area contributed by atoms with Gasteiger partial charge in [0.05, 0.1) is 11.0 Å². The minimum absolute atomic E-state index is 0.616. The van der Waals surface area contributed by atoms with E-state index in [1.54, 1.807) is 0 Å². The highest BCUT2D eigenvalue weighted by atomic mass is 16.3. The van der Waals surface area contributed by atoms with E-state index >= 15 is 0 Å². The summed E-state index contributed by atoms with van der Waals surface area (Å²) in [5.41, 5.74) is 12.2. The molecule has 262 valence electrons. The van der Waals surface area contributed by atoms with Crippen molar-refractivity contribution in [1.82, 2.24) is 19.5 Å². The molecule has 0 N–H and O–H groups in total. The maximum absolute atomic E-state index is 6.71. The molecule has 0 radical (unpaired) electrons. The monoisotopic (exact) mass is 716 g/mol. The first kappa shape index (κ1) is 31.9. The van der Waals surface area contributed by atoms with Crippen LogP contribution in [0.3, 0.4) is 0 Å². The summed E-state index contributed by atoms with van der Waals surface area (Å²) >= 11 is 0. The first-order valence-electron chi connectivity index (χ1n) is 18.8. The summed E-state index contributed by atoms with van der Waals surface area (Å²) in [7, 11) is 0. The van der Waals surface area contributed by atoms with Crippen molar-refractivity contribution in [3.63, 3.8) is 0 Å². The van der Waals surface area contributed by atoms with Crippen LogP contribution in [0.1, 0.15) is 0 Å². The first-order valence-corrected chi connectivity index (χ1v) is 18.8. The summed E-state index contributed by atoms with van der Waals surface area (Å²) in [6.45, 7) is 0. The van der Waals surface area contributed by atoms with Gasteiger partial charge in [-0.15, -0.1) is 0 Å². The van der Waals surface area contributed by atoms with Crippen molar-refractivity contribution < 1.29 is 4.42 Å². The van der Waals surface area contributed by atoms with E-state index in [4.69, 9.17) is 19.4 Å². The molecule has 8 aromatic carbocycles. The van der Waals surface area contributed by atoms with Crippen LogP contribution >= 0.6 is 0 Å². The number of nitrogens with zero attached hydrogens (tertiary/aromatic N) is 4. The molecular weight excluding hydrogens is 685 g/mol. The minimum atomic E-state index is 0.616. The molecule has 0 fully saturated rings. The maximum atomic E-state index is 6.71. The third-order valence-electron chi connectivity index (χ3n) is 10.7. The van der Waals surface area contributed by atoms with Crippen molar-refractivity contribution in [2.45, 2.75) is 0 Å². The smallest absolute Gasteiger partial charge is 0.164 e. The second-order valence-corrected chi connectivity index (χ2v) is 14.0. The Kier molecular flexibility index (Phi) is 7.42. The van der Waals surface area contributed by atoms with E-state index in [-0.39, 0.29) is 0 Å². The highest BCUT2D eigenvalue weighted by Crippen LogP contribution is 2.41. The van der Waals surface area contributed by atoms with Gasteiger partial charge in [-0.05, 0) is 41.5 Å². The van der Waals surface area contributed by atoms with Crippen molar-refractivity contribution in [1.29, 1.82) is 0 Å². The van der Waals surface area contributed by atoms with E-state index < -0.39 is 0 Å². The van der Waals surface area contributed by atoms with Gasteiger partial charge in [-0.3, -0.25) is 0 Å². The van der Waals surface area contributed by atoms with Gasteiger partial charge in [0.15, 0.2) is 17.5 Å². The second-order valence-electron chi connectivity index (χ2n) is 14.0. The molecule has 0 saturated heterocycles. The Morgan fingerprint density at radius 2 is 0.911 bits per heavy atom. The summed E-state index contributed by atoms with van der Waals surface area (Å²) in [6.07, 6.45) is 0. The largest absolute Gasteiger partial charge is 0.455 e. The topological polar surface area (TPSA) is 56.7 Å². The number of furan rings is 1. The third kappa shape index (κ3) is 5.29. The number of aromatic nitrogens is 4. The van der Waals surface area contributed by atoms with E-state index in [0.717, 1.165) is 77.6 Å². The van der Waals surface area contributed by atoms with E-state index in [1.165, 1.54) is 10.8 Å². The Balaban J connectivity index is 1.10. The fourth-order valence-corrected chi connectivity index (χ4v) is 8.05. The van der Waals surface area contributed by atoms with Gasteiger partial charge in [-0.1, -0.05) is 164 Å². The van der Waals surface area contributed by atoms with Gasteiger partial charge < -0.3 is 8.98 Å². The molecule has 3 aromatic heterocycles. The highest BCUT2D eigenvalue weighted by molar-refractivity contribution is 6.15. The average molecular weight is 717 g/mol. The van der Waals surface area contributed by atoms with E-state index in [1.807, 2.05) is 66.7 Å². The van der Waals surface area contributed by atoms with Crippen LogP contribution < -0.4 is 0 Å². The van der Waals surface area contributed by atoms with Crippen molar-refractivity contribution in [3.05, 3.63) is 194 Å². The quantitative estimate of drug-likeness (QED) is 0.172. The van der Waals surface area contributed by atoms with Gasteiger partial charge in [0.25, 0.3) is 0 Å². The zero-order valence-corrected chi connectivity index (χ0v) is 30.2. The number of fused-ring (bicyclic) bond motifs is 6. The Morgan fingerprint density at radius 3 is 1.62 bits per heavy atom. The first-order chi connectivity index (χ1) is 27.8. The van der Waals surface area contributed by atoms with Crippen LogP contribution in [-0.4, -0.2) is 19.5 Å². The van der Waals surface area contributed by atoms with Crippen molar-refractivity contribution in [2.75, 3.05) is 0 Å². The molecule has 11 aromatic rings. The number of rotatable bonds is 6. The summed E-state index contributed by atoms with van der Waals surface area (Å²) in [4.78, 5) is 15.0. The number of hydrogen-bond donors (Lipinski definition) is 0. The van der Waals surface area contributed by atoms with Gasteiger partial charge in [0, 0.05) is 55.0 Å². The molecule has 0 amide bonds. The molecule has 0 aliphatic heterocycles. The molecule has 0 saturated carbocycles. The molecule has 11 rings (SSSR count). The van der Waals surface area contributed by atoms with Gasteiger partial charge >= 0.3 is 0 Å². The summed E-state index contributed by atoms with van der Waals surface area (Å²) in [5.74, 6) is 1.89. The predicted molar refractivity (Wildman–Crippen MR) is 229 cm³/mol. The van der Waals surface area contributed by atoms with Crippen LogP contribution in [0.15, 0.2) is 199 Å². The molecule has 56 heavy (non-hydrogen) atoms. The molecule has 0 unspecified atom stereocenters. The Bertz CT molecular complexity index is 3180. The van der Waals surface area contributed by atoms with Crippen molar-refractivity contribution in [3.8, 4) is 62.1 Å². The fourth-order valence-electron chi connectivity index (χ4n) is 8.05. The lowest BCUT2D eigenvalue weighted by molar-refractivity contribution is 0.670. The van der Waals surface area contributed by atoms with Crippen molar-refractivity contribution >= 4 is 43.7 Å². The Labute approximate surface area is 322 Å². The molecule has 5 heteroatoms. The lowest BCUT2D eigenvalue weighted by Gasteiger charge is -2.13. The third-order valence-corrected chi connectivity index (χ3v) is 10.7. The Morgan fingerprint density at radius 1 is 0.357 bits per heavy atom. The van der Waals surface area contributed by atoms with Crippen LogP contribution in [0.5, 0.6) is 0 Å². The van der Waals surface area contributed by atoms with Crippen LogP contribution in [-0.2, 0) is 0 Å². The maximum Gasteiger partial charge on any atom is 0.164 e. The number of para-hydroxylation sites is 3. The predicted octanol–water partition coefficient (Wildman–Crippen LogP) is 13.2. The Hall–Kier alpha value is -7.63. The minimum Gasteiger partial charge on any atom is -0.455 e. The van der Waals surface area contributed by atoms with E-state index in [0.29, 0.717) is 17.5 Å². The normalized spacial score (nSPS) is 11.6. The second kappa shape index (κ2) is 13.0. The van der Waals surface area contributed by atoms with E-state index in [2.05, 4.69) is 132 Å². The lowest BCUT2D eigenvalue weighted by atomic mass is 9.99. The average Bonchev–Trinajstić information content (AvgIpc) is 3.83. The summed E-state index contributed by atoms with van der Waals surface area (Å²) < 4.78 is 9.08. The standard InChI is InChI=1S/C51H32N4O/c1-4-15-33(16-5-1)40-25-14-27-44-42-30-29-36(32-46(42)56-48(40)44)39-24-13-26-43-41-23-10-11-28-45(41)55(47(39)43)38-22-12-21-37(31-38)51-53-49(34-17-6-2-7-18-34)52-50(54-51)35-19-8-3-9-20-35/h1-32H. The van der Waals surface area contributed by atoms with Gasteiger partial charge in [-0.25, -0.2) is 15.0 Å². The van der Waals surface area contributed by atoms with Gasteiger partial charge in [-0.2, -0.15) is 0 Å². The lowest BCUT2D eigenvalue weighted by Crippen LogP contribution is -2.01. The molecule has 0 aliphatic carbocycles. The zero-order chi connectivity index (χ0) is 37.0. The highest BCUT2D eigenvalue weighted by Gasteiger charge is 2.20. The molecular formula is C51H32N4O. The molecule has 0 aliphatic rings. The molecule has 3 heterocycles. The zero-order valence-electron chi connectivity index (χ0n) is 30.2. The van der Waals surface area contributed by atoms with Crippen LogP contribution in [0.4, 0.5) is 0 Å². The SMILES string of the molecule is c1ccc(-c2nc(-c3ccccc3)nc(-c3cccc(-n4c5ccccc5c5cccc(-c6ccc7c(c6)oc6c(-c8ccccc8)cccc67)c54)c3)n2)cc1. The molecule has 0 bridgehead atoms. The molecule has 0 spiro atoms. The summed E-state index contributed by atoms with van der Waals surface area (Å²) in [6, 6.07) is 67.4. The van der Waals surface area contributed by atoms with Crippen molar-refractivity contribution in [2.24, 2.45) is 0 Å². The van der Waals surface area contributed by atoms with Gasteiger partial charge in [0.2, 0.25) is 0 Å². The number of hydrogen-bond acceptors (Lipinski definition) is 4. The number of benzene rings is 8. The van der Waals surface area contributed by atoms with Gasteiger partial charge in [0.1, 0.15) is 11.2 Å². The van der Waals surface area contributed by atoms with Crippen LogP contribution in [0.25, 0.3) is 106 Å². The fraction of sp³-hybridized carbons (Fsp3) is 0.